The molecule has 3 unspecified atom stereocenters. The average molecular weight is 311 g/mol. The molecule has 0 amide bonds. The Balaban J connectivity index is 1.68. The molecular formula is C14H15BrO3. The van der Waals surface area contributed by atoms with Crippen LogP contribution in [0.1, 0.15) is 18.4 Å². The third-order valence-electron chi connectivity index (χ3n) is 3.67. The Morgan fingerprint density at radius 1 is 1.28 bits per heavy atom. The Hall–Kier alpha value is -0.870. The summed E-state index contributed by atoms with van der Waals surface area (Å²) in [4.78, 5) is 11.9. The minimum Gasteiger partial charge on any atom is -0.458 e. The number of alkyl halides is 1. The lowest BCUT2D eigenvalue weighted by Crippen LogP contribution is -2.40. The van der Waals surface area contributed by atoms with E-state index in [9.17, 15) is 4.79 Å². The number of halogens is 1. The summed E-state index contributed by atoms with van der Waals surface area (Å²) in [5, 5.41) is 0. The molecule has 0 spiro atoms. The lowest BCUT2D eigenvalue weighted by molar-refractivity contribution is -0.143. The number of hydrogen-bond donors (Lipinski definition) is 0. The normalized spacial score (nSPS) is 34.4. The van der Waals surface area contributed by atoms with E-state index in [0.29, 0.717) is 6.61 Å². The highest BCUT2D eigenvalue weighted by Crippen LogP contribution is 2.40. The highest BCUT2D eigenvalue weighted by atomic mass is 79.9. The first-order valence-corrected chi connectivity index (χ1v) is 7.17. The summed E-state index contributed by atoms with van der Waals surface area (Å²) in [5.74, 6) is -0.174. The largest absolute Gasteiger partial charge is 0.458 e. The number of carbonyl (C=O) groups excluding carboxylic acids is 1. The van der Waals surface area contributed by atoms with Crippen LogP contribution >= 0.6 is 15.9 Å². The molecule has 3 rings (SSSR count). The van der Waals surface area contributed by atoms with E-state index in [1.807, 2.05) is 30.3 Å². The van der Waals surface area contributed by atoms with E-state index in [2.05, 4.69) is 15.9 Å². The number of hydrogen-bond acceptors (Lipinski definition) is 3. The van der Waals surface area contributed by atoms with Crippen LogP contribution < -0.4 is 0 Å². The third-order valence-corrected chi connectivity index (χ3v) is 4.65. The molecule has 18 heavy (non-hydrogen) atoms. The standard InChI is InChI=1S/C14H15BrO3/c15-11-7-6-10-12(13(11)18-14(10)16)17-8-9-4-2-1-3-5-9/h1-5,10-13H,6-8H2/t10?,11?,12-,13?/m0/s1. The topological polar surface area (TPSA) is 35.5 Å². The van der Waals surface area contributed by atoms with Crippen LogP contribution in [0.2, 0.25) is 0 Å². The smallest absolute Gasteiger partial charge is 0.312 e. The van der Waals surface area contributed by atoms with E-state index in [1.54, 1.807) is 0 Å². The quantitative estimate of drug-likeness (QED) is 0.636. The number of carbonyl (C=O) groups is 1. The van der Waals surface area contributed by atoms with Crippen LogP contribution in [0.3, 0.4) is 0 Å². The Labute approximate surface area is 115 Å². The maximum Gasteiger partial charge on any atom is 0.312 e. The summed E-state index contributed by atoms with van der Waals surface area (Å²) >= 11 is 3.58. The van der Waals surface area contributed by atoms with Gasteiger partial charge in [0, 0.05) is 0 Å². The van der Waals surface area contributed by atoms with E-state index in [4.69, 9.17) is 9.47 Å². The molecule has 1 saturated carbocycles. The highest BCUT2D eigenvalue weighted by molar-refractivity contribution is 9.09. The van der Waals surface area contributed by atoms with Gasteiger partial charge in [-0.3, -0.25) is 4.79 Å². The minimum atomic E-state index is -0.125. The van der Waals surface area contributed by atoms with Crippen molar-refractivity contribution < 1.29 is 14.3 Å². The van der Waals surface area contributed by atoms with Crippen LogP contribution in [0.15, 0.2) is 30.3 Å². The van der Waals surface area contributed by atoms with E-state index in [0.717, 1.165) is 18.4 Å². The van der Waals surface area contributed by atoms with Crippen molar-refractivity contribution in [3.05, 3.63) is 35.9 Å². The molecular weight excluding hydrogens is 296 g/mol. The Kier molecular flexibility index (Phi) is 3.39. The SMILES string of the molecule is O=C1OC2C(Br)CCC1[C@@H]2OCc1ccccc1. The van der Waals surface area contributed by atoms with Crippen LogP contribution in [0.25, 0.3) is 0 Å². The second-order valence-electron chi connectivity index (χ2n) is 4.86. The molecule has 1 heterocycles. The molecule has 0 radical (unpaired) electrons. The van der Waals surface area contributed by atoms with Crippen LogP contribution in [0.4, 0.5) is 0 Å². The van der Waals surface area contributed by atoms with Gasteiger partial charge < -0.3 is 9.47 Å². The fourth-order valence-electron chi connectivity index (χ4n) is 2.69. The van der Waals surface area contributed by atoms with Gasteiger partial charge in [-0.2, -0.15) is 0 Å². The van der Waals surface area contributed by atoms with Crippen molar-refractivity contribution in [3.63, 3.8) is 0 Å². The fraction of sp³-hybridized carbons (Fsp3) is 0.500. The molecule has 2 bridgehead atoms. The highest BCUT2D eigenvalue weighted by Gasteiger charge is 2.51. The Bertz CT molecular complexity index is 434. The molecule has 4 heteroatoms. The van der Waals surface area contributed by atoms with Gasteiger partial charge in [-0.1, -0.05) is 46.3 Å². The maximum absolute atomic E-state index is 11.7. The lowest BCUT2D eigenvalue weighted by Gasteiger charge is -2.29. The summed E-state index contributed by atoms with van der Waals surface area (Å²) in [6, 6.07) is 10.0. The maximum atomic E-state index is 11.7. The zero-order chi connectivity index (χ0) is 12.5. The Morgan fingerprint density at radius 3 is 2.83 bits per heavy atom. The lowest BCUT2D eigenvalue weighted by atomic mass is 9.87. The molecule has 1 aliphatic heterocycles. The molecule has 2 aliphatic rings. The molecule has 96 valence electrons. The molecule has 0 N–H and O–H groups in total. The van der Waals surface area contributed by atoms with E-state index >= 15 is 0 Å². The van der Waals surface area contributed by atoms with Crippen LogP contribution in [-0.2, 0) is 20.9 Å². The zero-order valence-corrected chi connectivity index (χ0v) is 11.5. The van der Waals surface area contributed by atoms with Crippen molar-refractivity contribution in [3.8, 4) is 0 Å². The first-order chi connectivity index (χ1) is 8.75. The summed E-state index contributed by atoms with van der Waals surface area (Å²) in [6.07, 6.45) is 1.60. The monoisotopic (exact) mass is 310 g/mol. The number of fused-ring (bicyclic) bond motifs is 2. The number of esters is 1. The molecule has 2 fully saturated rings. The molecule has 1 aliphatic carbocycles. The molecule has 1 aromatic carbocycles. The van der Waals surface area contributed by atoms with Crippen molar-refractivity contribution in [2.75, 3.05) is 0 Å². The van der Waals surface area contributed by atoms with Gasteiger partial charge in [0.15, 0.2) is 0 Å². The van der Waals surface area contributed by atoms with Crippen LogP contribution in [-0.4, -0.2) is 23.0 Å². The van der Waals surface area contributed by atoms with Crippen molar-refractivity contribution in [1.29, 1.82) is 0 Å². The van der Waals surface area contributed by atoms with Crippen molar-refractivity contribution in [2.45, 2.75) is 36.5 Å². The van der Waals surface area contributed by atoms with Gasteiger partial charge in [-0.15, -0.1) is 0 Å². The molecule has 1 saturated heterocycles. The molecule has 0 aromatic heterocycles. The van der Waals surface area contributed by atoms with Gasteiger partial charge in [0.1, 0.15) is 12.2 Å². The first kappa shape index (κ1) is 12.2. The molecule has 4 atom stereocenters. The van der Waals surface area contributed by atoms with Gasteiger partial charge in [0.25, 0.3) is 0 Å². The second kappa shape index (κ2) is 5.02. The van der Waals surface area contributed by atoms with Crippen LogP contribution in [0.5, 0.6) is 0 Å². The van der Waals surface area contributed by atoms with Gasteiger partial charge in [0.2, 0.25) is 0 Å². The third kappa shape index (κ3) is 2.19. The summed E-state index contributed by atoms with van der Waals surface area (Å²) in [6.45, 7) is 0.537. The van der Waals surface area contributed by atoms with Gasteiger partial charge in [0.05, 0.1) is 17.4 Å². The number of rotatable bonds is 3. The summed E-state index contributed by atoms with van der Waals surface area (Å²) < 4.78 is 11.3. The second-order valence-corrected chi connectivity index (χ2v) is 6.04. The van der Waals surface area contributed by atoms with Gasteiger partial charge in [-0.25, -0.2) is 0 Å². The number of benzene rings is 1. The van der Waals surface area contributed by atoms with Crippen molar-refractivity contribution >= 4 is 21.9 Å². The van der Waals surface area contributed by atoms with Crippen molar-refractivity contribution in [2.24, 2.45) is 5.92 Å². The van der Waals surface area contributed by atoms with E-state index in [1.165, 1.54) is 0 Å². The van der Waals surface area contributed by atoms with Gasteiger partial charge >= 0.3 is 5.97 Å². The summed E-state index contributed by atoms with van der Waals surface area (Å²) in [7, 11) is 0. The molecule has 1 aromatic rings. The Morgan fingerprint density at radius 2 is 2.06 bits per heavy atom. The average Bonchev–Trinajstić information content (AvgIpc) is 2.63. The number of ether oxygens (including phenoxy) is 2. The predicted octanol–water partition coefficient (Wildman–Crippen LogP) is 2.67. The van der Waals surface area contributed by atoms with Crippen molar-refractivity contribution in [1.82, 2.24) is 0 Å². The van der Waals surface area contributed by atoms with E-state index in [-0.39, 0.29) is 28.9 Å². The zero-order valence-electron chi connectivity index (χ0n) is 9.92. The fourth-order valence-corrected chi connectivity index (χ4v) is 3.37. The van der Waals surface area contributed by atoms with E-state index < -0.39 is 0 Å². The first-order valence-electron chi connectivity index (χ1n) is 6.26. The van der Waals surface area contributed by atoms with Crippen LogP contribution in [0, 0.1) is 5.92 Å². The van der Waals surface area contributed by atoms with Gasteiger partial charge in [-0.05, 0) is 18.4 Å². The molecule has 3 nitrogen and oxygen atoms in total. The minimum absolute atomic E-state index is 0.0764. The predicted molar refractivity (Wildman–Crippen MR) is 70.3 cm³/mol. The summed E-state index contributed by atoms with van der Waals surface area (Å²) in [5.41, 5.74) is 1.13.